The fourth-order valence-corrected chi connectivity index (χ4v) is 1.84. The summed E-state index contributed by atoms with van der Waals surface area (Å²) in [5.41, 5.74) is -1.13. The van der Waals surface area contributed by atoms with E-state index in [-0.39, 0.29) is 30.0 Å². The van der Waals surface area contributed by atoms with Gasteiger partial charge < -0.3 is 15.5 Å². The molecule has 114 valence electrons. The summed E-state index contributed by atoms with van der Waals surface area (Å²) < 4.78 is 0. The zero-order valence-electron chi connectivity index (χ0n) is 11.6. The van der Waals surface area contributed by atoms with Crippen LogP contribution in [-0.4, -0.2) is 27.0 Å². The molecule has 0 fully saturated rings. The fraction of sp³-hybridized carbons (Fsp3) is 0.385. The highest BCUT2D eigenvalue weighted by molar-refractivity contribution is 5.93. The number of carbonyl (C=O) groups excluding carboxylic acids is 1. The van der Waals surface area contributed by atoms with Crippen molar-refractivity contribution >= 4 is 23.3 Å². The third kappa shape index (κ3) is 5.09. The van der Waals surface area contributed by atoms with Crippen LogP contribution in [-0.2, 0) is 9.59 Å². The molecule has 0 saturated heterocycles. The van der Waals surface area contributed by atoms with E-state index in [1.165, 1.54) is 0 Å². The molecule has 8 nitrogen and oxygen atoms in total. The van der Waals surface area contributed by atoms with Gasteiger partial charge in [0.25, 0.3) is 5.69 Å². The van der Waals surface area contributed by atoms with Gasteiger partial charge in [0.05, 0.1) is 17.0 Å². The Morgan fingerprint density at radius 3 is 2.48 bits per heavy atom. The van der Waals surface area contributed by atoms with Gasteiger partial charge in [-0.1, -0.05) is 13.8 Å². The Morgan fingerprint density at radius 1 is 1.33 bits per heavy atom. The average molecular weight is 296 g/mol. The first-order valence-corrected chi connectivity index (χ1v) is 6.10. The number of amides is 1. The van der Waals surface area contributed by atoms with Gasteiger partial charge in [0, 0.05) is 18.6 Å². The van der Waals surface area contributed by atoms with E-state index in [1.54, 1.807) is 13.8 Å². The highest BCUT2D eigenvalue weighted by Gasteiger charge is 2.25. The average Bonchev–Trinajstić information content (AvgIpc) is 2.28. The number of carboxylic acid groups (broad SMARTS) is 1. The number of aromatic hydroxyl groups is 1. The quantitative estimate of drug-likeness (QED) is 0.419. The lowest BCUT2D eigenvalue weighted by Crippen LogP contribution is -2.24. The molecule has 1 aromatic rings. The summed E-state index contributed by atoms with van der Waals surface area (Å²) in [5.74, 6) is -1.85. The number of carbonyl (C=O) groups is 2. The number of carboxylic acids is 1. The van der Waals surface area contributed by atoms with Crippen LogP contribution in [0.25, 0.3) is 0 Å². The third-order valence-electron chi connectivity index (χ3n) is 2.73. The van der Waals surface area contributed by atoms with Crippen molar-refractivity contribution in [3.63, 3.8) is 0 Å². The molecular weight excluding hydrogens is 280 g/mol. The van der Waals surface area contributed by atoms with Gasteiger partial charge in [-0.05, 0) is 11.5 Å². The monoisotopic (exact) mass is 296 g/mol. The van der Waals surface area contributed by atoms with Gasteiger partial charge >= 0.3 is 5.97 Å². The SMILES string of the molecule is CC(C)(CC(=O)O)CC(=O)Nc1cc([N+](=O)[O-])ccc1O. The van der Waals surface area contributed by atoms with Crippen molar-refractivity contribution in [3.8, 4) is 5.75 Å². The first-order valence-electron chi connectivity index (χ1n) is 6.10. The van der Waals surface area contributed by atoms with E-state index in [0.717, 1.165) is 18.2 Å². The van der Waals surface area contributed by atoms with Crippen LogP contribution in [0, 0.1) is 15.5 Å². The number of anilines is 1. The number of benzene rings is 1. The summed E-state index contributed by atoms with van der Waals surface area (Å²) in [7, 11) is 0. The van der Waals surface area contributed by atoms with E-state index in [2.05, 4.69) is 5.32 Å². The van der Waals surface area contributed by atoms with E-state index >= 15 is 0 Å². The summed E-state index contributed by atoms with van der Waals surface area (Å²) in [5, 5.41) is 31.3. The Balaban J connectivity index is 2.81. The Hall–Kier alpha value is -2.64. The van der Waals surface area contributed by atoms with Crippen molar-refractivity contribution < 1.29 is 24.7 Å². The van der Waals surface area contributed by atoms with Gasteiger partial charge in [0.2, 0.25) is 5.91 Å². The number of rotatable bonds is 6. The lowest BCUT2D eigenvalue weighted by molar-refractivity contribution is -0.384. The molecule has 21 heavy (non-hydrogen) atoms. The Morgan fingerprint density at radius 2 is 1.95 bits per heavy atom. The lowest BCUT2D eigenvalue weighted by Gasteiger charge is -2.21. The van der Waals surface area contributed by atoms with Crippen molar-refractivity contribution in [1.29, 1.82) is 0 Å². The summed E-state index contributed by atoms with van der Waals surface area (Å²) in [6, 6.07) is 3.26. The molecule has 0 aliphatic carbocycles. The van der Waals surface area contributed by atoms with Crippen LogP contribution in [0.15, 0.2) is 18.2 Å². The van der Waals surface area contributed by atoms with Crippen LogP contribution in [0.5, 0.6) is 5.75 Å². The van der Waals surface area contributed by atoms with Gasteiger partial charge in [0.1, 0.15) is 5.75 Å². The van der Waals surface area contributed by atoms with Crippen molar-refractivity contribution in [2.24, 2.45) is 5.41 Å². The number of phenols is 1. The van der Waals surface area contributed by atoms with Crippen LogP contribution < -0.4 is 5.32 Å². The smallest absolute Gasteiger partial charge is 0.303 e. The zero-order valence-corrected chi connectivity index (χ0v) is 11.6. The molecule has 0 heterocycles. The molecule has 0 aliphatic rings. The maximum absolute atomic E-state index is 11.9. The van der Waals surface area contributed by atoms with E-state index in [0.29, 0.717) is 0 Å². The zero-order chi connectivity index (χ0) is 16.2. The third-order valence-corrected chi connectivity index (χ3v) is 2.73. The Bertz CT molecular complexity index is 582. The largest absolute Gasteiger partial charge is 0.506 e. The first-order chi connectivity index (χ1) is 9.60. The van der Waals surface area contributed by atoms with Crippen molar-refractivity contribution in [1.82, 2.24) is 0 Å². The predicted octanol–water partition coefficient (Wildman–Crippen LogP) is 2.13. The van der Waals surface area contributed by atoms with Crippen LogP contribution in [0.4, 0.5) is 11.4 Å². The molecule has 8 heteroatoms. The summed E-state index contributed by atoms with van der Waals surface area (Å²) in [4.78, 5) is 32.5. The minimum atomic E-state index is -1.02. The molecule has 0 saturated carbocycles. The molecule has 0 atom stereocenters. The van der Waals surface area contributed by atoms with Crippen molar-refractivity contribution in [3.05, 3.63) is 28.3 Å². The second kappa shape index (κ2) is 6.21. The number of non-ortho nitro benzene ring substituents is 1. The van der Waals surface area contributed by atoms with Crippen LogP contribution >= 0.6 is 0 Å². The summed E-state index contributed by atoms with van der Waals surface area (Å²) in [6.45, 7) is 3.24. The van der Waals surface area contributed by atoms with Gasteiger partial charge in [-0.3, -0.25) is 19.7 Å². The van der Waals surface area contributed by atoms with E-state index < -0.39 is 22.2 Å². The molecule has 0 spiro atoms. The highest BCUT2D eigenvalue weighted by Crippen LogP contribution is 2.30. The predicted molar refractivity (Wildman–Crippen MR) is 74.0 cm³/mol. The van der Waals surface area contributed by atoms with E-state index in [9.17, 15) is 24.8 Å². The van der Waals surface area contributed by atoms with Crippen LogP contribution in [0.3, 0.4) is 0 Å². The highest BCUT2D eigenvalue weighted by atomic mass is 16.6. The Kier molecular flexibility index (Phi) is 4.85. The fourth-order valence-electron chi connectivity index (χ4n) is 1.84. The van der Waals surface area contributed by atoms with Crippen LogP contribution in [0.1, 0.15) is 26.7 Å². The molecule has 1 aromatic carbocycles. The maximum Gasteiger partial charge on any atom is 0.303 e. The molecule has 0 unspecified atom stereocenters. The lowest BCUT2D eigenvalue weighted by atomic mass is 9.85. The van der Waals surface area contributed by atoms with Gasteiger partial charge in [-0.15, -0.1) is 0 Å². The number of hydrogen-bond acceptors (Lipinski definition) is 5. The summed E-state index contributed by atoms with van der Waals surface area (Å²) >= 11 is 0. The Labute approximate surface area is 120 Å². The molecule has 1 amide bonds. The summed E-state index contributed by atoms with van der Waals surface area (Å²) in [6.07, 6.45) is -0.289. The molecule has 0 radical (unpaired) electrons. The number of nitro benzene ring substituents is 1. The topological polar surface area (TPSA) is 130 Å². The standard InChI is InChI=1S/C13H16N2O6/c1-13(2,7-12(18)19)6-11(17)14-9-5-8(15(20)21)3-4-10(9)16/h3-5,16H,6-7H2,1-2H3,(H,14,17)(H,18,19). The molecule has 0 aromatic heterocycles. The number of hydrogen-bond donors (Lipinski definition) is 3. The molecule has 0 bridgehead atoms. The number of aliphatic carboxylic acids is 1. The van der Waals surface area contributed by atoms with E-state index in [4.69, 9.17) is 5.11 Å². The number of nitrogens with one attached hydrogen (secondary N) is 1. The molecule has 3 N–H and O–H groups in total. The van der Waals surface area contributed by atoms with Gasteiger partial charge in [-0.2, -0.15) is 0 Å². The number of nitrogens with zero attached hydrogens (tertiary/aromatic N) is 1. The van der Waals surface area contributed by atoms with Gasteiger partial charge in [-0.25, -0.2) is 0 Å². The second-order valence-corrected chi connectivity index (χ2v) is 5.42. The normalized spacial score (nSPS) is 11.0. The van der Waals surface area contributed by atoms with Gasteiger partial charge in [0.15, 0.2) is 0 Å². The molecule has 0 aliphatic heterocycles. The van der Waals surface area contributed by atoms with Crippen LogP contribution in [0.2, 0.25) is 0 Å². The van der Waals surface area contributed by atoms with Crippen molar-refractivity contribution in [2.75, 3.05) is 5.32 Å². The molecular formula is C13H16N2O6. The van der Waals surface area contributed by atoms with Crippen molar-refractivity contribution in [2.45, 2.75) is 26.7 Å². The number of phenolic OH excluding ortho intramolecular Hbond substituents is 1. The first kappa shape index (κ1) is 16.4. The van der Waals surface area contributed by atoms with E-state index in [1.807, 2.05) is 0 Å². The minimum absolute atomic E-state index is 0.0830. The molecule has 1 rings (SSSR count). The number of nitro groups is 1. The second-order valence-electron chi connectivity index (χ2n) is 5.42. The minimum Gasteiger partial charge on any atom is -0.506 e. The maximum atomic E-state index is 11.9.